The number of amides is 2. The lowest BCUT2D eigenvalue weighted by molar-refractivity contribution is -0.140. The second-order valence-corrected chi connectivity index (χ2v) is 10.9. The predicted octanol–water partition coefficient (Wildman–Crippen LogP) is 5.16. The van der Waals surface area contributed by atoms with E-state index < -0.39 is 17.9 Å². The van der Waals surface area contributed by atoms with Crippen LogP contribution in [0.15, 0.2) is 30.3 Å². The topological polar surface area (TPSA) is 95.9 Å². The molecule has 7 nitrogen and oxygen atoms in total. The average Bonchev–Trinajstić information content (AvgIpc) is 3.12. The molecular weight excluding hydrogens is 475 g/mol. The summed E-state index contributed by atoms with van der Waals surface area (Å²) in [5.41, 5.74) is 3.30. The van der Waals surface area contributed by atoms with E-state index >= 15 is 4.39 Å². The summed E-state index contributed by atoms with van der Waals surface area (Å²) in [6.45, 7) is 8.22. The highest BCUT2D eigenvalue weighted by Gasteiger charge is 2.37. The van der Waals surface area contributed by atoms with Crippen molar-refractivity contribution < 1.29 is 28.6 Å². The van der Waals surface area contributed by atoms with Crippen molar-refractivity contribution in [2.75, 3.05) is 11.9 Å². The molecule has 1 aliphatic heterocycles. The molecule has 1 atom stereocenters. The number of carboxylic acid groups (broad SMARTS) is 1. The number of carbonyl (C=O) groups excluding carboxylic acids is 2. The highest BCUT2D eigenvalue weighted by molar-refractivity contribution is 5.98. The fourth-order valence-corrected chi connectivity index (χ4v) is 5.51. The molecule has 2 aliphatic rings. The number of ether oxygens (including phenoxy) is 1. The standard InChI is InChI=1S/C29H35FN2O5/c1-17(2)37-21-8-9-22-18(15-21)11-13-32(24(33)6-5-7-25(34)35)27(22)28(36)31-20-14-19-10-12-29(3,4)26(19)23(30)16-20/h8-9,14-17,27H,5-7,10-13H2,1-4H3,(H,31,36)(H,34,35)/t27-/m1/s1. The van der Waals surface area contributed by atoms with Gasteiger partial charge in [0.15, 0.2) is 0 Å². The van der Waals surface area contributed by atoms with E-state index in [-0.39, 0.29) is 42.5 Å². The molecule has 4 rings (SSSR count). The zero-order chi connectivity index (χ0) is 26.9. The number of aliphatic carboxylic acids is 1. The molecule has 0 radical (unpaired) electrons. The summed E-state index contributed by atoms with van der Waals surface area (Å²) in [4.78, 5) is 39.2. The second-order valence-electron chi connectivity index (χ2n) is 10.9. The molecule has 2 aromatic carbocycles. The smallest absolute Gasteiger partial charge is 0.303 e. The third-order valence-electron chi connectivity index (χ3n) is 7.20. The number of carbonyl (C=O) groups is 3. The molecule has 1 aliphatic carbocycles. The van der Waals surface area contributed by atoms with Crippen molar-refractivity contribution in [2.45, 2.75) is 83.8 Å². The fraction of sp³-hybridized carbons (Fsp3) is 0.483. The molecule has 0 spiro atoms. The number of aryl methyl sites for hydroxylation is 1. The molecule has 0 fully saturated rings. The number of halogens is 1. The first kappa shape index (κ1) is 26.6. The molecule has 1 heterocycles. The van der Waals surface area contributed by atoms with Gasteiger partial charge in [-0.1, -0.05) is 19.9 Å². The van der Waals surface area contributed by atoms with E-state index in [4.69, 9.17) is 9.84 Å². The number of anilines is 1. The number of hydrogen-bond acceptors (Lipinski definition) is 4. The van der Waals surface area contributed by atoms with Crippen LogP contribution in [0, 0.1) is 5.82 Å². The van der Waals surface area contributed by atoms with Crippen LogP contribution in [0.4, 0.5) is 10.1 Å². The molecule has 0 unspecified atom stereocenters. The van der Waals surface area contributed by atoms with Crippen LogP contribution >= 0.6 is 0 Å². The van der Waals surface area contributed by atoms with Crippen molar-refractivity contribution in [1.82, 2.24) is 4.90 Å². The SMILES string of the molecule is CC(C)Oc1ccc2c(c1)CCN(C(=O)CCCC(=O)O)[C@H]2C(=O)Nc1cc(F)c2c(c1)CCC2(C)C. The summed E-state index contributed by atoms with van der Waals surface area (Å²) in [6.07, 6.45) is 2.22. The third-order valence-corrected chi connectivity index (χ3v) is 7.20. The molecule has 0 bridgehead atoms. The van der Waals surface area contributed by atoms with Crippen molar-refractivity contribution >= 4 is 23.5 Å². The first-order chi connectivity index (χ1) is 17.5. The maximum absolute atomic E-state index is 15.1. The first-order valence-electron chi connectivity index (χ1n) is 12.9. The lowest BCUT2D eigenvalue weighted by Gasteiger charge is -2.36. The summed E-state index contributed by atoms with van der Waals surface area (Å²) in [5.74, 6) is -1.32. The zero-order valence-electron chi connectivity index (χ0n) is 21.9. The summed E-state index contributed by atoms with van der Waals surface area (Å²) in [7, 11) is 0. The van der Waals surface area contributed by atoms with Crippen molar-refractivity contribution in [1.29, 1.82) is 0 Å². The number of rotatable bonds is 8. The molecule has 2 amide bonds. The fourth-order valence-electron chi connectivity index (χ4n) is 5.51. The van der Waals surface area contributed by atoms with Gasteiger partial charge in [-0.2, -0.15) is 0 Å². The lowest BCUT2D eigenvalue weighted by atomic mass is 9.86. The Morgan fingerprint density at radius 3 is 2.59 bits per heavy atom. The van der Waals surface area contributed by atoms with E-state index in [2.05, 4.69) is 5.32 Å². The first-order valence-corrected chi connectivity index (χ1v) is 12.9. The molecule has 37 heavy (non-hydrogen) atoms. The molecule has 0 saturated heterocycles. The van der Waals surface area contributed by atoms with Crippen LogP contribution in [0.25, 0.3) is 0 Å². The van der Waals surface area contributed by atoms with Gasteiger partial charge in [-0.05, 0) is 91.5 Å². The quantitative estimate of drug-likeness (QED) is 0.512. The summed E-state index contributed by atoms with van der Waals surface area (Å²) in [5, 5.41) is 11.8. The number of nitrogens with one attached hydrogen (secondary N) is 1. The highest BCUT2D eigenvalue weighted by atomic mass is 19.1. The van der Waals surface area contributed by atoms with E-state index in [0.717, 1.165) is 24.0 Å². The minimum atomic E-state index is -0.967. The van der Waals surface area contributed by atoms with Gasteiger partial charge in [0.2, 0.25) is 5.91 Å². The summed E-state index contributed by atoms with van der Waals surface area (Å²) >= 11 is 0. The Bertz CT molecular complexity index is 1220. The minimum absolute atomic E-state index is 0.00673. The minimum Gasteiger partial charge on any atom is -0.491 e. The number of hydrogen-bond donors (Lipinski definition) is 2. The second kappa shape index (κ2) is 10.5. The van der Waals surface area contributed by atoms with E-state index in [0.29, 0.717) is 35.5 Å². The van der Waals surface area contributed by atoms with Crippen molar-refractivity contribution in [3.8, 4) is 5.75 Å². The van der Waals surface area contributed by atoms with Crippen LogP contribution < -0.4 is 10.1 Å². The molecule has 8 heteroatoms. The molecule has 2 aromatic rings. The third kappa shape index (κ3) is 5.78. The van der Waals surface area contributed by atoms with E-state index in [1.807, 2.05) is 39.8 Å². The monoisotopic (exact) mass is 510 g/mol. The Morgan fingerprint density at radius 2 is 1.89 bits per heavy atom. The summed E-state index contributed by atoms with van der Waals surface area (Å²) < 4.78 is 20.9. The molecular formula is C29H35FN2O5. The number of fused-ring (bicyclic) bond motifs is 2. The van der Waals surface area contributed by atoms with Crippen molar-refractivity contribution in [3.05, 3.63) is 58.4 Å². The van der Waals surface area contributed by atoms with Crippen LogP contribution in [0.2, 0.25) is 0 Å². The zero-order valence-corrected chi connectivity index (χ0v) is 21.9. The van der Waals surface area contributed by atoms with E-state index in [1.54, 1.807) is 12.1 Å². The van der Waals surface area contributed by atoms with E-state index in [9.17, 15) is 14.4 Å². The Morgan fingerprint density at radius 1 is 1.14 bits per heavy atom. The van der Waals surface area contributed by atoms with Gasteiger partial charge in [-0.3, -0.25) is 14.4 Å². The van der Waals surface area contributed by atoms with Gasteiger partial charge < -0.3 is 20.1 Å². The van der Waals surface area contributed by atoms with Crippen LogP contribution in [-0.4, -0.2) is 40.4 Å². The lowest BCUT2D eigenvalue weighted by Crippen LogP contribution is -2.45. The molecule has 198 valence electrons. The number of nitrogens with zero attached hydrogens (tertiary/aromatic N) is 1. The number of benzene rings is 2. The normalized spacial score (nSPS) is 17.8. The molecule has 2 N–H and O–H groups in total. The predicted molar refractivity (Wildman–Crippen MR) is 138 cm³/mol. The van der Waals surface area contributed by atoms with Gasteiger partial charge in [-0.15, -0.1) is 0 Å². The summed E-state index contributed by atoms with van der Waals surface area (Å²) in [6, 6.07) is 7.76. The largest absolute Gasteiger partial charge is 0.491 e. The molecule has 0 saturated carbocycles. The Kier molecular flexibility index (Phi) is 7.57. The van der Waals surface area contributed by atoms with Gasteiger partial charge in [0, 0.05) is 25.1 Å². The highest BCUT2D eigenvalue weighted by Crippen LogP contribution is 2.41. The Labute approximate surface area is 217 Å². The van der Waals surface area contributed by atoms with Crippen molar-refractivity contribution in [3.63, 3.8) is 0 Å². The molecule has 0 aromatic heterocycles. The van der Waals surface area contributed by atoms with Gasteiger partial charge in [0.25, 0.3) is 5.91 Å². The number of carboxylic acids is 1. The van der Waals surface area contributed by atoms with Crippen molar-refractivity contribution in [2.24, 2.45) is 0 Å². The van der Waals surface area contributed by atoms with Crippen LogP contribution in [0.3, 0.4) is 0 Å². The van der Waals surface area contributed by atoms with Gasteiger partial charge in [0.1, 0.15) is 17.6 Å². The van der Waals surface area contributed by atoms with Crippen LogP contribution in [0.5, 0.6) is 5.75 Å². The maximum atomic E-state index is 15.1. The average molecular weight is 511 g/mol. The Balaban J connectivity index is 1.63. The van der Waals surface area contributed by atoms with Crippen LogP contribution in [0.1, 0.15) is 81.7 Å². The van der Waals surface area contributed by atoms with Gasteiger partial charge in [0.05, 0.1) is 6.10 Å². The van der Waals surface area contributed by atoms with E-state index in [1.165, 1.54) is 11.0 Å². The van der Waals surface area contributed by atoms with Crippen LogP contribution in [-0.2, 0) is 32.6 Å². The maximum Gasteiger partial charge on any atom is 0.303 e. The van der Waals surface area contributed by atoms with Gasteiger partial charge in [-0.25, -0.2) is 4.39 Å². The van der Waals surface area contributed by atoms with Gasteiger partial charge >= 0.3 is 5.97 Å². The Hall–Kier alpha value is -3.42.